The first-order valence-electron chi connectivity index (χ1n) is 10.4. The van der Waals surface area contributed by atoms with Crippen molar-refractivity contribution in [1.29, 1.82) is 0 Å². The monoisotopic (exact) mass is 411 g/mol. The number of carbonyl (C=O) groups excluding carboxylic acids is 1. The van der Waals surface area contributed by atoms with Crippen LogP contribution in [-0.4, -0.2) is 51.2 Å². The first-order chi connectivity index (χ1) is 14.4. The topological polar surface area (TPSA) is 77.7 Å². The van der Waals surface area contributed by atoms with Gasteiger partial charge in [0.05, 0.1) is 19.8 Å². The molecule has 160 valence electrons. The smallest absolute Gasteiger partial charge is 0.251 e. The first kappa shape index (κ1) is 20.5. The summed E-state index contributed by atoms with van der Waals surface area (Å²) in [5.74, 6) is 1.82. The number of amides is 1. The van der Waals surface area contributed by atoms with E-state index in [0.29, 0.717) is 16.2 Å². The predicted molar refractivity (Wildman–Crippen MR) is 113 cm³/mol. The number of aromatic nitrogens is 1. The average molecular weight is 412 g/mol. The molecule has 0 radical (unpaired) electrons. The number of hydrogen-bond donors (Lipinski definition) is 1. The van der Waals surface area contributed by atoms with Crippen molar-refractivity contribution in [2.45, 2.75) is 30.7 Å². The number of likely N-dealkylation sites (tertiary alicyclic amines) is 1. The maximum Gasteiger partial charge on any atom is 0.251 e. The van der Waals surface area contributed by atoms with E-state index in [1.807, 2.05) is 6.07 Å². The molecular formula is C23H29N3O4. The quantitative estimate of drug-likeness (QED) is 0.602. The molecule has 4 rings (SSSR count). The molecule has 7 nitrogen and oxygen atoms in total. The molecule has 3 atom stereocenters. The lowest BCUT2D eigenvalue weighted by atomic mass is 9.63. The van der Waals surface area contributed by atoms with Crippen LogP contribution in [0.2, 0.25) is 0 Å². The molecule has 1 saturated heterocycles. The zero-order valence-corrected chi connectivity index (χ0v) is 17.8. The van der Waals surface area contributed by atoms with Crippen molar-refractivity contribution in [3.05, 3.63) is 59.1 Å². The van der Waals surface area contributed by atoms with Crippen molar-refractivity contribution in [2.75, 3.05) is 34.4 Å². The van der Waals surface area contributed by atoms with Gasteiger partial charge < -0.3 is 24.9 Å². The van der Waals surface area contributed by atoms with Crippen molar-refractivity contribution in [3.8, 4) is 11.5 Å². The minimum atomic E-state index is -0.120. The van der Waals surface area contributed by atoms with Gasteiger partial charge in [0.25, 0.3) is 5.91 Å². The molecule has 1 amide bonds. The van der Waals surface area contributed by atoms with Gasteiger partial charge in [-0.3, -0.25) is 4.79 Å². The predicted octanol–water partition coefficient (Wildman–Crippen LogP) is 2.12. The molecule has 3 unspecified atom stereocenters. The number of rotatable bonds is 5. The fraction of sp³-hybridized carbons (Fsp3) is 0.478. The first-order valence-corrected chi connectivity index (χ1v) is 10.4. The molecule has 2 heterocycles. The van der Waals surface area contributed by atoms with Crippen LogP contribution < -0.4 is 19.5 Å². The summed E-state index contributed by atoms with van der Waals surface area (Å²) in [4.78, 5) is 15.0. The third-order valence-corrected chi connectivity index (χ3v) is 6.73. The summed E-state index contributed by atoms with van der Waals surface area (Å²) in [6.07, 6.45) is 5.54. The molecule has 0 spiro atoms. The van der Waals surface area contributed by atoms with Gasteiger partial charge in [0, 0.05) is 36.7 Å². The summed E-state index contributed by atoms with van der Waals surface area (Å²) in [5.41, 5.74) is 1.85. The summed E-state index contributed by atoms with van der Waals surface area (Å²) in [6.45, 7) is 2.00. The Labute approximate surface area is 177 Å². The van der Waals surface area contributed by atoms with Crippen LogP contribution in [0.15, 0.2) is 42.7 Å². The maximum absolute atomic E-state index is 12.6. The van der Waals surface area contributed by atoms with Gasteiger partial charge >= 0.3 is 0 Å². The molecule has 1 aromatic heterocycles. The van der Waals surface area contributed by atoms with Gasteiger partial charge in [-0.05, 0) is 49.9 Å². The van der Waals surface area contributed by atoms with Crippen LogP contribution in [0.25, 0.3) is 0 Å². The van der Waals surface area contributed by atoms with Crippen LogP contribution >= 0.6 is 0 Å². The maximum atomic E-state index is 12.6. The van der Waals surface area contributed by atoms with E-state index in [1.165, 1.54) is 18.0 Å². The second-order valence-electron chi connectivity index (χ2n) is 8.51. The number of ether oxygens (including phenoxy) is 2. The SMILES string of the molecule is COc1ccc(C23CCC(NC(=O)c4cc[n+]([O-])cc4)CC2CN(C)C3)cc1OC. The Kier molecular flexibility index (Phi) is 5.56. The van der Waals surface area contributed by atoms with Gasteiger partial charge in [-0.1, -0.05) is 6.07 Å². The summed E-state index contributed by atoms with van der Waals surface area (Å²) >= 11 is 0. The zero-order chi connectivity index (χ0) is 21.3. The average Bonchev–Trinajstić information content (AvgIpc) is 3.09. The van der Waals surface area contributed by atoms with Crippen molar-refractivity contribution in [3.63, 3.8) is 0 Å². The fourth-order valence-corrected chi connectivity index (χ4v) is 5.28. The molecule has 1 N–H and O–H groups in total. The molecule has 1 saturated carbocycles. The molecule has 7 heteroatoms. The molecule has 1 aliphatic carbocycles. The Hall–Kier alpha value is -2.80. The number of nitrogens with zero attached hydrogens (tertiary/aromatic N) is 2. The van der Waals surface area contributed by atoms with E-state index in [9.17, 15) is 10.0 Å². The third-order valence-electron chi connectivity index (χ3n) is 6.73. The number of nitrogens with one attached hydrogen (secondary N) is 1. The largest absolute Gasteiger partial charge is 0.619 e. The highest BCUT2D eigenvalue weighted by Gasteiger charge is 2.50. The van der Waals surface area contributed by atoms with E-state index in [1.54, 1.807) is 26.4 Å². The van der Waals surface area contributed by atoms with Crippen molar-refractivity contribution in [2.24, 2.45) is 5.92 Å². The number of fused-ring (bicyclic) bond motifs is 1. The second kappa shape index (κ2) is 8.14. The highest BCUT2D eigenvalue weighted by atomic mass is 16.5. The Morgan fingerprint density at radius 1 is 1.20 bits per heavy atom. The van der Waals surface area contributed by atoms with E-state index >= 15 is 0 Å². The lowest BCUT2D eigenvalue weighted by Crippen LogP contribution is -2.47. The van der Waals surface area contributed by atoms with Gasteiger partial charge in [0.2, 0.25) is 0 Å². The van der Waals surface area contributed by atoms with Crippen molar-refractivity contribution >= 4 is 5.91 Å². The molecule has 2 fully saturated rings. The lowest BCUT2D eigenvalue weighted by Gasteiger charge is -2.42. The van der Waals surface area contributed by atoms with E-state index in [4.69, 9.17) is 9.47 Å². The van der Waals surface area contributed by atoms with Crippen LogP contribution in [0, 0.1) is 11.1 Å². The van der Waals surface area contributed by atoms with E-state index in [0.717, 1.165) is 43.9 Å². The number of methoxy groups -OCH3 is 2. The summed E-state index contributed by atoms with van der Waals surface area (Å²) in [6, 6.07) is 9.51. The van der Waals surface area contributed by atoms with Crippen molar-refractivity contribution < 1.29 is 19.0 Å². The normalized spacial score (nSPS) is 26.1. The Balaban J connectivity index is 1.53. The van der Waals surface area contributed by atoms with Gasteiger partial charge in [-0.2, -0.15) is 4.73 Å². The number of pyridine rings is 1. The summed E-state index contributed by atoms with van der Waals surface area (Å²) in [7, 11) is 5.48. The third kappa shape index (κ3) is 3.69. The minimum absolute atomic E-state index is 0.0520. The number of hydrogen-bond acceptors (Lipinski definition) is 5. The van der Waals surface area contributed by atoms with Gasteiger partial charge in [0.15, 0.2) is 23.9 Å². The van der Waals surface area contributed by atoms with Crippen LogP contribution in [0.4, 0.5) is 0 Å². The standard InChI is InChI=1S/C23H29N3O4/c1-25-14-18-12-19(24-22(27)16-7-10-26(28)11-8-16)6-9-23(18,15-25)17-4-5-20(29-2)21(13-17)30-3/h4-5,7-8,10-11,13,18-19H,6,9,12,14-15H2,1-3H3,(H,24,27). The van der Waals surface area contributed by atoms with Crippen LogP contribution in [0.1, 0.15) is 35.2 Å². The Bertz CT molecular complexity index is 917. The lowest BCUT2D eigenvalue weighted by molar-refractivity contribution is -0.605. The van der Waals surface area contributed by atoms with E-state index in [-0.39, 0.29) is 17.4 Å². The summed E-state index contributed by atoms with van der Waals surface area (Å²) in [5, 5.41) is 14.4. The number of benzene rings is 1. The molecular weight excluding hydrogens is 382 g/mol. The Morgan fingerprint density at radius 3 is 2.63 bits per heavy atom. The molecule has 0 bridgehead atoms. The van der Waals surface area contributed by atoms with Gasteiger partial charge in [0.1, 0.15) is 0 Å². The molecule has 30 heavy (non-hydrogen) atoms. The minimum Gasteiger partial charge on any atom is -0.619 e. The number of carbonyl (C=O) groups is 1. The Morgan fingerprint density at radius 2 is 1.93 bits per heavy atom. The van der Waals surface area contributed by atoms with Gasteiger partial charge in [-0.15, -0.1) is 0 Å². The van der Waals surface area contributed by atoms with Crippen LogP contribution in [0.5, 0.6) is 11.5 Å². The number of likely N-dealkylation sites (N-methyl/N-ethyl adjacent to an activating group) is 1. The van der Waals surface area contributed by atoms with E-state index in [2.05, 4.69) is 29.4 Å². The summed E-state index contributed by atoms with van der Waals surface area (Å²) < 4.78 is 11.7. The molecule has 2 aliphatic rings. The van der Waals surface area contributed by atoms with Crippen molar-refractivity contribution in [1.82, 2.24) is 10.2 Å². The highest BCUT2D eigenvalue weighted by Crippen LogP contribution is 2.49. The van der Waals surface area contributed by atoms with E-state index < -0.39 is 0 Å². The molecule has 2 aromatic rings. The van der Waals surface area contributed by atoms with Gasteiger partial charge in [-0.25, -0.2) is 0 Å². The molecule has 1 aromatic carbocycles. The van der Waals surface area contributed by atoms with Crippen LogP contribution in [0.3, 0.4) is 0 Å². The fourth-order valence-electron chi connectivity index (χ4n) is 5.28. The highest BCUT2D eigenvalue weighted by molar-refractivity contribution is 5.94. The zero-order valence-electron chi connectivity index (χ0n) is 17.8. The van der Waals surface area contributed by atoms with Crippen LogP contribution in [-0.2, 0) is 5.41 Å². The second-order valence-corrected chi connectivity index (χ2v) is 8.51. The molecule has 1 aliphatic heterocycles.